The molecule has 1 fully saturated rings. The van der Waals surface area contributed by atoms with Crippen LogP contribution < -0.4 is 9.47 Å². The summed E-state index contributed by atoms with van der Waals surface area (Å²) in [5.41, 5.74) is 0.0573. The summed E-state index contributed by atoms with van der Waals surface area (Å²) in [6.07, 6.45) is 2.03. The number of rotatable bonds is 2. The third kappa shape index (κ3) is 1.98. The van der Waals surface area contributed by atoms with Gasteiger partial charge in [-0.25, -0.2) is 0 Å². The maximum Gasteiger partial charge on any atom is 0.179 e. The lowest BCUT2D eigenvalue weighted by Gasteiger charge is -2.22. The molecule has 1 aliphatic heterocycles. The lowest BCUT2D eigenvalue weighted by Crippen LogP contribution is -2.17. The van der Waals surface area contributed by atoms with Gasteiger partial charge in [0.1, 0.15) is 23.4 Å². The third-order valence-corrected chi connectivity index (χ3v) is 3.91. The highest BCUT2D eigenvalue weighted by atomic mass is 79.9. The summed E-state index contributed by atoms with van der Waals surface area (Å²) in [5.74, 6) is 1.30. The zero-order valence-corrected chi connectivity index (χ0v) is 10.8. The van der Waals surface area contributed by atoms with Gasteiger partial charge in [-0.15, -0.1) is 0 Å². The molecule has 0 bridgehead atoms. The van der Waals surface area contributed by atoms with E-state index in [-0.39, 0.29) is 5.75 Å². The number of phenolic OH excluding ortho intramolecular Hbond substituents is 1. The number of benzene rings is 1. The zero-order valence-electron chi connectivity index (χ0n) is 9.20. The molecule has 17 heavy (non-hydrogen) atoms. The van der Waals surface area contributed by atoms with Gasteiger partial charge < -0.3 is 19.7 Å². The summed E-state index contributed by atoms with van der Waals surface area (Å²) >= 11 is 3.31. The summed E-state index contributed by atoms with van der Waals surface area (Å²) in [7, 11) is 0. The molecule has 0 saturated heterocycles. The molecule has 0 radical (unpaired) electrons. The first kappa shape index (κ1) is 11.2. The molecule has 0 atom stereocenters. The van der Waals surface area contributed by atoms with Crippen LogP contribution in [0.3, 0.4) is 0 Å². The fourth-order valence-corrected chi connectivity index (χ4v) is 2.56. The molecule has 5 heteroatoms. The second-order valence-corrected chi connectivity index (χ2v) is 5.42. The van der Waals surface area contributed by atoms with E-state index in [0.717, 1.165) is 12.8 Å². The number of halogens is 1. The molecule has 1 aromatic rings. The van der Waals surface area contributed by atoms with Crippen LogP contribution >= 0.6 is 15.9 Å². The summed E-state index contributed by atoms with van der Waals surface area (Å²) in [6.45, 7) is 0.988. The molecule has 1 heterocycles. The van der Waals surface area contributed by atoms with Crippen LogP contribution in [0.2, 0.25) is 0 Å². The van der Waals surface area contributed by atoms with E-state index < -0.39 is 5.60 Å². The van der Waals surface area contributed by atoms with Crippen molar-refractivity contribution >= 4 is 15.9 Å². The minimum atomic E-state index is -0.638. The second-order valence-electron chi connectivity index (χ2n) is 4.62. The molecule has 4 nitrogen and oxygen atoms in total. The van der Waals surface area contributed by atoms with Crippen LogP contribution in [0.5, 0.6) is 17.2 Å². The fraction of sp³-hybridized carbons (Fsp3) is 0.500. The van der Waals surface area contributed by atoms with Crippen molar-refractivity contribution in [2.75, 3.05) is 13.2 Å². The predicted molar refractivity (Wildman–Crippen MR) is 64.7 cm³/mol. The summed E-state index contributed by atoms with van der Waals surface area (Å²) < 4.78 is 11.4. The average molecular weight is 301 g/mol. The normalized spacial score (nSPS) is 20.1. The number of hydrogen-bond donors (Lipinski definition) is 2. The predicted octanol–water partition coefficient (Wildman–Crippen LogP) is 1.99. The molecular weight excluding hydrogens is 288 g/mol. The standard InChI is InChI=1S/C12H13BrO4/c13-9-10(14)7(6-12(15)1-2-12)5-8-11(9)17-4-3-16-8/h5,14-15H,1-4,6H2. The highest BCUT2D eigenvalue weighted by Gasteiger charge is 2.41. The maximum atomic E-state index is 10.1. The van der Waals surface area contributed by atoms with E-state index in [9.17, 15) is 10.2 Å². The second kappa shape index (κ2) is 3.78. The first-order valence-electron chi connectivity index (χ1n) is 5.61. The SMILES string of the molecule is Oc1c(CC2(O)CC2)cc2c(c1Br)OCCO2. The molecule has 1 saturated carbocycles. The number of ether oxygens (including phenoxy) is 2. The van der Waals surface area contributed by atoms with Crippen molar-refractivity contribution in [1.29, 1.82) is 0 Å². The summed E-state index contributed by atoms with van der Waals surface area (Å²) in [6, 6.07) is 1.75. The number of fused-ring (bicyclic) bond motifs is 1. The fourth-order valence-electron chi connectivity index (χ4n) is 2.00. The van der Waals surface area contributed by atoms with Crippen LogP contribution in [-0.2, 0) is 6.42 Å². The van der Waals surface area contributed by atoms with Gasteiger partial charge in [0, 0.05) is 12.0 Å². The molecule has 0 aromatic heterocycles. The lowest BCUT2D eigenvalue weighted by molar-refractivity contribution is 0.148. The van der Waals surface area contributed by atoms with Crippen molar-refractivity contribution < 1.29 is 19.7 Å². The molecule has 92 valence electrons. The van der Waals surface area contributed by atoms with Gasteiger partial charge in [0.15, 0.2) is 11.5 Å². The van der Waals surface area contributed by atoms with E-state index in [1.165, 1.54) is 0 Å². The Morgan fingerprint density at radius 3 is 2.71 bits per heavy atom. The van der Waals surface area contributed by atoms with Gasteiger partial charge in [-0.1, -0.05) is 0 Å². The van der Waals surface area contributed by atoms with Crippen molar-refractivity contribution in [3.8, 4) is 17.2 Å². The van der Waals surface area contributed by atoms with E-state index in [0.29, 0.717) is 41.2 Å². The maximum absolute atomic E-state index is 10.1. The van der Waals surface area contributed by atoms with Crippen LogP contribution in [0.4, 0.5) is 0 Å². The molecule has 2 aliphatic rings. The van der Waals surface area contributed by atoms with Crippen molar-refractivity contribution in [2.45, 2.75) is 24.9 Å². The van der Waals surface area contributed by atoms with Crippen molar-refractivity contribution in [3.63, 3.8) is 0 Å². The van der Waals surface area contributed by atoms with Gasteiger partial charge in [-0.05, 0) is 34.8 Å². The van der Waals surface area contributed by atoms with Gasteiger partial charge >= 0.3 is 0 Å². The van der Waals surface area contributed by atoms with Crippen LogP contribution in [0.1, 0.15) is 18.4 Å². The van der Waals surface area contributed by atoms with E-state index in [1.54, 1.807) is 6.07 Å². The number of phenols is 1. The Morgan fingerprint density at radius 1 is 1.29 bits per heavy atom. The number of hydrogen-bond acceptors (Lipinski definition) is 4. The monoisotopic (exact) mass is 300 g/mol. The largest absolute Gasteiger partial charge is 0.506 e. The van der Waals surface area contributed by atoms with E-state index >= 15 is 0 Å². The Morgan fingerprint density at radius 2 is 2.00 bits per heavy atom. The van der Waals surface area contributed by atoms with Crippen LogP contribution in [0.25, 0.3) is 0 Å². The van der Waals surface area contributed by atoms with E-state index in [4.69, 9.17) is 9.47 Å². The van der Waals surface area contributed by atoms with Crippen LogP contribution in [0.15, 0.2) is 10.5 Å². The van der Waals surface area contributed by atoms with Gasteiger partial charge in [0.2, 0.25) is 0 Å². The highest BCUT2D eigenvalue weighted by Crippen LogP contribution is 2.48. The van der Waals surface area contributed by atoms with Crippen LogP contribution in [-0.4, -0.2) is 29.0 Å². The summed E-state index contributed by atoms with van der Waals surface area (Å²) in [4.78, 5) is 0. The first-order valence-corrected chi connectivity index (χ1v) is 6.41. The quantitative estimate of drug-likeness (QED) is 0.877. The Balaban J connectivity index is 2.01. The van der Waals surface area contributed by atoms with E-state index in [2.05, 4.69) is 15.9 Å². The summed E-state index contributed by atoms with van der Waals surface area (Å²) in [5, 5.41) is 20.0. The minimum Gasteiger partial charge on any atom is -0.506 e. The first-order chi connectivity index (χ1) is 8.09. The zero-order chi connectivity index (χ0) is 12.0. The van der Waals surface area contributed by atoms with Crippen molar-refractivity contribution in [3.05, 3.63) is 16.1 Å². The molecule has 3 rings (SSSR count). The van der Waals surface area contributed by atoms with Crippen molar-refractivity contribution in [1.82, 2.24) is 0 Å². The molecule has 2 N–H and O–H groups in total. The molecule has 0 spiro atoms. The molecule has 1 aliphatic carbocycles. The third-order valence-electron chi connectivity index (χ3n) is 3.17. The molecule has 1 aromatic carbocycles. The number of aliphatic hydroxyl groups is 1. The minimum absolute atomic E-state index is 0.134. The Bertz CT molecular complexity index is 468. The van der Waals surface area contributed by atoms with Gasteiger partial charge in [-0.2, -0.15) is 0 Å². The van der Waals surface area contributed by atoms with Crippen LogP contribution in [0, 0.1) is 0 Å². The van der Waals surface area contributed by atoms with Gasteiger partial charge in [0.25, 0.3) is 0 Å². The van der Waals surface area contributed by atoms with Crippen molar-refractivity contribution in [2.24, 2.45) is 0 Å². The van der Waals surface area contributed by atoms with E-state index in [1.807, 2.05) is 0 Å². The Labute approximate surface area is 107 Å². The Hall–Kier alpha value is -0.940. The highest BCUT2D eigenvalue weighted by molar-refractivity contribution is 9.10. The average Bonchev–Trinajstić information content (AvgIpc) is 3.04. The molecule has 0 amide bonds. The molecule has 0 unspecified atom stereocenters. The van der Waals surface area contributed by atoms with Gasteiger partial charge in [-0.3, -0.25) is 0 Å². The smallest absolute Gasteiger partial charge is 0.179 e. The lowest BCUT2D eigenvalue weighted by atomic mass is 10.0. The topological polar surface area (TPSA) is 58.9 Å². The van der Waals surface area contributed by atoms with Gasteiger partial charge in [0.05, 0.1) is 5.60 Å². The Kier molecular flexibility index (Phi) is 2.48. The molecular formula is C12H13BrO4. The number of aromatic hydroxyl groups is 1.